The van der Waals surface area contributed by atoms with Crippen LogP contribution in [0.2, 0.25) is 0 Å². The van der Waals surface area contributed by atoms with Gasteiger partial charge in [-0.15, -0.1) is 0 Å². The van der Waals surface area contributed by atoms with Crippen LogP contribution in [0.15, 0.2) is 18.2 Å². The first-order chi connectivity index (χ1) is 8.52. The number of benzene rings is 1. The first kappa shape index (κ1) is 14.3. The highest BCUT2D eigenvalue weighted by Gasteiger charge is 2.08. The molecule has 0 bridgehead atoms. The molecule has 1 rings (SSSR count). The average molecular weight is 251 g/mol. The van der Waals surface area contributed by atoms with Gasteiger partial charge in [-0.1, -0.05) is 13.8 Å². The standard InChI is InChI=1S/C13H21N3O2/c1-10(2)5-4-6-15-12-7-11(14-3)8-13(9-12)16(17)18/h7-10,14-15H,4-6H2,1-3H3. The van der Waals surface area contributed by atoms with Crippen molar-refractivity contribution in [3.05, 3.63) is 28.3 Å². The highest BCUT2D eigenvalue weighted by atomic mass is 16.6. The molecule has 1 aromatic carbocycles. The molecule has 5 heteroatoms. The van der Waals surface area contributed by atoms with Gasteiger partial charge in [0.1, 0.15) is 0 Å². The van der Waals surface area contributed by atoms with Crippen LogP contribution >= 0.6 is 0 Å². The molecule has 0 heterocycles. The van der Waals surface area contributed by atoms with Crippen LogP contribution < -0.4 is 10.6 Å². The van der Waals surface area contributed by atoms with E-state index in [0.29, 0.717) is 5.92 Å². The molecule has 0 aliphatic carbocycles. The van der Waals surface area contributed by atoms with Crippen molar-refractivity contribution in [1.29, 1.82) is 0 Å². The normalized spacial score (nSPS) is 10.4. The maximum Gasteiger partial charge on any atom is 0.273 e. The summed E-state index contributed by atoms with van der Waals surface area (Å²) in [6.45, 7) is 5.21. The second-order valence-electron chi connectivity index (χ2n) is 4.74. The van der Waals surface area contributed by atoms with Crippen LogP contribution in [0.4, 0.5) is 17.1 Å². The van der Waals surface area contributed by atoms with Crippen molar-refractivity contribution >= 4 is 17.1 Å². The van der Waals surface area contributed by atoms with E-state index in [2.05, 4.69) is 24.5 Å². The van der Waals surface area contributed by atoms with E-state index in [0.717, 1.165) is 30.8 Å². The van der Waals surface area contributed by atoms with Crippen LogP contribution in [0.25, 0.3) is 0 Å². The summed E-state index contributed by atoms with van der Waals surface area (Å²) in [5.41, 5.74) is 1.64. The molecule has 2 N–H and O–H groups in total. The topological polar surface area (TPSA) is 67.2 Å². The number of anilines is 2. The summed E-state index contributed by atoms with van der Waals surface area (Å²) in [6.07, 6.45) is 2.22. The second-order valence-corrected chi connectivity index (χ2v) is 4.74. The Morgan fingerprint density at radius 1 is 1.28 bits per heavy atom. The van der Waals surface area contributed by atoms with Gasteiger partial charge in [0.05, 0.1) is 4.92 Å². The van der Waals surface area contributed by atoms with Crippen molar-refractivity contribution in [2.75, 3.05) is 24.2 Å². The number of nitrogens with one attached hydrogen (secondary N) is 2. The van der Waals surface area contributed by atoms with E-state index in [9.17, 15) is 10.1 Å². The molecule has 18 heavy (non-hydrogen) atoms. The van der Waals surface area contributed by atoms with Gasteiger partial charge >= 0.3 is 0 Å². The molecule has 0 aliphatic heterocycles. The van der Waals surface area contributed by atoms with Gasteiger partial charge in [0.2, 0.25) is 0 Å². The zero-order chi connectivity index (χ0) is 13.5. The third-order valence-electron chi connectivity index (χ3n) is 2.70. The molecule has 0 aromatic heterocycles. The first-order valence-corrected chi connectivity index (χ1v) is 6.24. The summed E-state index contributed by atoms with van der Waals surface area (Å²) in [4.78, 5) is 10.4. The van der Waals surface area contributed by atoms with Gasteiger partial charge in [-0.2, -0.15) is 0 Å². The lowest BCUT2D eigenvalue weighted by Gasteiger charge is -2.09. The van der Waals surface area contributed by atoms with E-state index in [1.807, 2.05) is 6.07 Å². The Hall–Kier alpha value is -1.78. The van der Waals surface area contributed by atoms with Gasteiger partial charge in [0, 0.05) is 37.1 Å². The molecule has 0 amide bonds. The van der Waals surface area contributed by atoms with Crippen molar-refractivity contribution in [2.45, 2.75) is 26.7 Å². The van der Waals surface area contributed by atoms with Gasteiger partial charge in [0.15, 0.2) is 0 Å². The molecule has 0 radical (unpaired) electrons. The second kappa shape index (κ2) is 6.83. The Bertz CT molecular complexity index is 405. The van der Waals surface area contributed by atoms with Crippen molar-refractivity contribution in [1.82, 2.24) is 0 Å². The van der Waals surface area contributed by atoms with Crippen LogP contribution in [-0.2, 0) is 0 Å². The Morgan fingerprint density at radius 3 is 2.50 bits per heavy atom. The maximum atomic E-state index is 10.8. The zero-order valence-electron chi connectivity index (χ0n) is 11.2. The molecule has 100 valence electrons. The van der Waals surface area contributed by atoms with Gasteiger partial charge in [-0.05, 0) is 24.8 Å². The minimum atomic E-state index is -0.375. The summed E-state index contributed by atoms with van der Waals surface area (Å²) < 4.78 is 0. The van der Waals surface area contributed by atoms with Crippen molar-refractivity contribution in [3.63, 3.8) is 0 Å². The van der Waals surface area contributed by atoms with Crippen molar-refractivity contribution in [2.24, 2.45) is 5.92 Å². The number of hydrogen-bond acceptors (Lipinski definition) is 4. The summed E-state index contributed by atoms with van der Waals surface area (Å²) in [7, 11) is 1.75. The van der Waals surface area contributed by atoms with Crippen LogP contribution in [0.5, 0.6) is 0 Å². The lowest BCUT2D eigenvalue weighted by atomic mass is 10.1. The molecule has 0 unspecified atom stereocenters. The smallest absolute Gasteiger partial charge is 0.273 e. The summed E-state index contributed by atoms with van der Waals surface area (Å²) in [6, 6.07) is 4.97. The first-order valence-electron chi connectivity index (χ1n) is 6.24. The Kier molecular flexibility index (Phi) is 5.42. The minimum Gasteiger partial charge on any atom is -0.388 e. The number of non-ortho nitro benzene ring substituents is 1. The van der Waals surface area contributed by atoms with Gasteiger partial charge in [-0.25, -0.2) is 0 Å². The molecule has 0 atom stereocenters. The molecule has 1 aromatic rings. The Balaban J connectivity index is 2.64. The summed E-state index contributed by atoms with van der Waals surface area (Å²) >= 11 is 0. The third-order valence-corrected chi connectivity index (χ3v) is 2.70. The van der Waals surface area contributed by atoms with Crippen molar-refractivity contribution in [3.8, 4) is 0 Å². The van der Waals surface area contributed by atoms with Crippen LogP contribution in [0, 0.1) is 16.0 Å². The SMILES string of the molecule is CNc1cc(NCCCC(C)C)cc([N+](=O)[O-])c1. The molecule has 0 aliphatic rings. The van der Waals surface area contributed by atoms with E-state index >= 15 is 0 Å². The molecular formula is C13H21N3O2. The molecule has 0 saturated carbocycles. The molecule has 5 nitrogen and oxygen atoms in total. The zero-order valence-corrected chi connectivity index (χ0v) is 11.2. The molecule has 0 fully saturated rings. The molecule has 0 spiro atoms. The lowest BCUT2D eigenvalue weighted by molar-refractivity contribution is -0.384. The van der Waals surface area contributed by atoms with E-state index < -0.39 is 0 Å². The third kappa shape index (κ3) is 4.61. The fourth-order valence-corrected chi connectivity index (χ4v) is 1.71. The fraction of sp³-hybridized carbons (Fsp3) is 0.538. The lowest BCUT2D eigenvalue weighted by Crippen LogP contribution is -2.04. The van der Waals surface area contributed by atoms with E-state index in [1.54, 1.807) is 13.1 Å². The van der Waals surface area contributed by atoms with E-state index in [-0.39, 0.29) is 10.6 Å². The largest absolute Gasteiger partial charge is 0.388 e. The molecular weight excluding hydrogens is 230 g/mol. The quantitative estimate of drug-likeness (QED) is 0.442. The van der Waals surface area contributed by atoms with Crippen LogP contribution in [0.3, 0.4) is 0 Å². The molecule has 0 saturated heterocycles. The Labute approximate surface area is 108 Å². The van der Waals surface area contributed by atoms with Crippen molar-refractivity contribution < 1.29 is 4.92 Å². The number of nitro benzene ring substituents is 1. The predicted molar refractivity (Wildman–Crippen MR) is 75.2 cm³/mol. The highest BCUT2D eigenvalue weighted by Crippen LogP contribution is 2.24. The van der Waals surface area contributed by atoms with Gasteiger partial charge < -0.3 is 10.6 Å². The number of hydrogen-bond donors (Lipinski definition) is 2. The minimum absolute atomic E-state index is 0.105. The summed E-state index contributed by atoms with van der Waals surface area (Å²) in [5, 5.41) is 16.9. The predicted octanol–water partition coefficient (Wildman–Crippen LogP) is 3.48. The highest BCUT2D eigenvalue weighted by molar-refractivity contribution is 5.63. The number of nitro groups is 1. The monoisotopic (exact) mass is 251 g/mol. The Morgan fingerprint density at radius 2 is 1.94 bits per heavy atom. The number of nitrogens with zero attached hydrogens (tertiary/aromatic N) is 1. The van der Waals surface area contributed by atoms with Crippen LogP contribution in [-0.4, -0.2) is 18.5 Å². The van der Waals surface area contributed by atoms with Gasteiger partial charge in [-0.3, -0.25) is 10.1 Å². The summed E-state index contributed by atoms with van der Waals surface area (Å²) in [5.74, 6) is 0.685. The van der Waals surface area contributed by atoms with Crippen LogP contribution in [0.1, 0.15) is 26.7 Å². The average Bonchev–Trinajstić information content (AvgIpc) is 2.34. The number of rotatable bonds is 7. The fourth-order valence-electron chi connectivity index (χ4n) is 1.71. The van der Waals surface area contributed by atoms with E-state index in [4.69, 9.17) is 0 Å². The van der Waals surface area contributed by atoms with E-state index in [1.165, 1.54) is 6.07 Å². The maximum absolute atomic E-state index is 10.8. The van der Waals surface area contributed by atoms with Gasteiger partial charge in [0.25, 0.3) is 5.69 Å².